The van der Waals surface area contributed by atoms with Crippen LogP contribution in [0, 0.1) is 0 Å². The molecule has 0 atom stereocenters. The van der Waals surface area contributed by atoms with Gasteiger partial charge in [0.05, 0.1) is 5.52 Å². The molecule has 0 saturated heterocycles. The van der Waals surface area contributed by atoms with E-state index in [1.165, 1.54) is 0 Å². The average molecular weight is 249 g/mol. The summed E-state index contributed by atoms with van der Waals surface area (Å²) in [7, 11) is 0. The van der Waals surface area contributed by atoms with Gasteiger partial charge < -0.3 is 0 Å². The summed E-state index contributed by atoms with van der Waals surface area (Å²) in [6.07, 6.45) is 1.63. The molecule has 0 amide bonds. The van der Waals surface area contributed by atoms with Crippen LogP contribution in [0.4, 0.5) is 0 Å². The zero-order valence-corrected chi connectivity index (χ0v) is 9.63. The topological polar surface area (TPSA) is 25.8 Å². The van der Waals surface area contributed by atoms with Crippen LogP contribution in [0.25, 0.3) is 21.7 Å². The van der Waals surface area contributed by atoms with E-state index in [1.807, 2.05) is 24.3 Å². The Morgan fingerprint density at radius 1 is 0.875 bits per heavy atom. The van der Waals surface area contributed by atoms with Crippen molar-refractivity contribution in [2.24, 2.45) is 0 Å². The van der Waals surface area contributed by atoms with Crippen LogP contribution in [0.5, 0.6) is 0 Å². The number of nitrogens with zero attached hydrogens (tertiary/aromatic N) is 2. The molecule has 0 N–H and O–H groups in total. The second kappa shape index (κ2) is 3.58. The minimum Gasteiger partial charge on any atom is -0.244 e. The van der Waals surface area contributed by atoms with E-state index in [4.69, 9.17) is 23.2 Å². The molecule has 0 aliphatic carbocycles. The fourth-order valence-electron chi connectivity index (χ4n) is 1.82. The predicted octanol–water partition coefficient (Wildman–Crippen LogP) is 4.09. The molecule has 0 aliphatic rings. The van der Waals surface area contributed by atoms with Gasteiger partial charge >= 0.3 is 0 Å². The zero-order chi connectivity index (χ0) is 11.1. The van der Waals surface area contributed by atoms with Crippen molar-refractivity contribution >= 4 is 44.9 Å². The highest BCUT2D eigenvalue weighted by Gasteiger charge is 2.09. The molecule has 78 valence electrons. The lowest BCUT2D eigenvalue weighted by Crippen LogP contribution is -1.86. The average Bonchev–Trinajstić information content (AvgIpc) is 2.29. The SMILES string of the molecule is Clc1nc2ccnc(Cl)c2c2ccccc12. The summed E-state index contributed by atoms with van der Waals surface area (Å²) in [6, 6.07) is 9.57. The number of rotatable bonds is 0. The molecule has 1 aromatic carbocycles. The fraction of sp³-hybridized carbons (Fsp3) is 0. The van der Waals surface area contributed by atoms with Gasteiger partial charge in [0.2, 0.25) is 0 Å². The van der Waals surface area contributed by atoms with Crippen LogP contribution in [-0.4, -0.2) is 9.97 Å². The number of hydrogen-bond acceptors (Lipinski definition) is 2. The van der Waals surface area contributed by atoms with Gasteiger partial charge in [0.25, 0.3) is 0 Å². The number of fused-ring (bicyclic) bond motifs is 3. The van der Waals surface area contributed by atoms with E-state index in [2.05, 4.69) is 9.97 Å². The maximum atomic E-state index is 6.11. The standard InChI is InChI=1S/C12H6Cl2N2/c13-11-8-4-2-1-3-7(8)10-9(16-11)5-6-15-12(10)14/h1-6H. The van der Waals surface area contributed by atoms with Crippen LogP contribution in [0.3, 0.4) is 0 Å². The molecule has 0 fully saturated rings. The molecule has 16 heavy (non-hydrogen) atoms. The van der Waals surface area contributed by atoms with Crippen LogP contribution in [0.2, 0.25) is 10.3 Å². The van der Waals surface area contributed by atoms with E-state index < -0.39 is 0 Å². The molecule has 3 rings (SSSR count). The Hall–Kier alpha value is -1.38. The third-order valence-corrected chi connectivity index (χ3v) is 3.09. The molecule has 0 bridgehead atoms. The molecule has 2 nitrogen and oxygen atoms in total. The maximum Gasteiger partial charge on any atom is 0.139 e. The minimum absolute atomic E-state index is 0.456. The Kier molecular flexibility index (Phi) is 2.20. The molecule has 2 heterocycles. The van der Waals surface area contributed by atoms with E-state index in [-0.39, 0.29) is 0 Å². The smallest absolute Gasteiger partial charge is 0.139 e. The Bertz CT molecular complexity index is 695. The first-order chi connectivity index (χ1) is 7.77. The molecule has 0 radical (unpaired) electrons. The number of benzene rings is 1. The second-order valence-corrected chi connectivity index (χ2v) is 4.16. The Morgan fingerprint density at radius 3 is 2.44 bits per heavy atom. The molecule has 0 aliphatic heterocycles. The molecule has 0 spiro atoms. The van der Waals surface area contributed by atoms with Gasteiger partial charge in [0.1, 0.15) is 10.3 Å². The molecular formula is C12H6Cl2N2. The van der Waals surface area contributed by atoms with E-state index in [9.17, 15) is 0 Å². The number of hydrogen-bond donors (Lipinski definition) is 0. The van der Waals surface area contributed by atoms with Crippen molar-refractivity contribution in [3.05, 3.63) is 46.8 Å². The first-order valence-corrected chi connectivity index (χ1v) is 5.51. The highest BCUT2D eigenvalue weighted by molar-refractivity contribution is 6.39. The molecule has 0 saturated carbocycles. The van der Waals surface area contributed by atoms with E-state index in [0.29, 0.717) is 10.3 Å². The number of aromatic nitrogens is 2. The molecule has 0 unspecified atom stereocenters. The maximum absolute atomic E-state index is 6.11. The van der Waals surface area contributed by atoms with Gasteiger partial charge in [-0.25, -0.2) is 9.97 Å². The third kappa shape index (κ3) is 1.34. The molecular weight excluding hydrogens is 243 g/mol. The van der Waals surface area contributed by atoms with Gasteiger partial charge in [-0.1, -0.05) is 47.5 Å². The van der Waals surface area contributed by atoms with Crippen LogP contribution < -0.4 is 0 Å². The van der Waals surface area contributed by atoms with Gasteiger partial charge in [-0.3, -0.25) is 0 Å². The monoisotopic (exact) mass is 248 g/mol. The Balaban J connectivity index is 2.67. The quantitative estimate of drug-likeness (QED) is 0.443. The van der Waals surface area contributed by atoms with E-state index >= 15 is 0 Å². The summed E-state index contributed by atoms with van der Waals surface area (Å²) < 4.78 is 0. The first-order valence-electron chi connectivity index (χ1n) is 4.76. The summed E-state index contributed by atoms with van der Waals surface area (Å²) >= 11 is 12.2. The predicted molar refractivity (Wildman–Crippen MR) is 67.1 cm³/mol. The lowest BCUT2D eigenvalue weighted by atomic mass is 10.1. The zero-order valence-electron chi connectivity index (χ0n) is 8.11. The molecule has 4 heteroatoms. The summed E-state index contributed by atoms with van der Waals surface area (Å²) in [5, 5.41) is 3.68. The van der Waals surface area contributed by atoms with Crippen molar-refractivity contribution in [1.82, 2.24) is 9.97 Å². The Labute approximate surface area is 102 Å². The van der Waals surface area contributed by atoms with Crippen molar-refractivity contribution in [1.29, 1.82) is 0 Å². The highest BCUT2D eigenvalue weighted by atomic mass is 35.5. The van der Waals surface area contributed by atoms with Crippen molar-refractivity contribution < 1.29 is 0 Å². The van der Waals surface area contributed by atoms with E-state index in [0.717, 1.165) is 21.7 Å². The normalized spacial score (nSPS) is 11.1. The van der Waals surface area contributed by atoms with Gasteiger partial charge in [0.15, 0.2) is 0 Å². The van der Waals surface area contributed by atoms with Crippen molar-refractivity contribution in [2.75, 3.05) is 0 Å². The largest absolute Gasteiger partial charge is 0.244 e. The minimum atomic E-state index is 0.456. The second-order valence-electron chi connectivity index (χ2n) is 3.44. The summed E-state index contributed by atoms with van der Waals surface area (Å²) in [4.78, 5) is 8.38. The van der Waals surface area contributed by atoms with Gasteiger partial charge in [-0.05, 0) is 11.5 Å². The van der Waals surface area contributed by atoms with Crippen molar-refractivity contribution in [3.63, 3.8) is 0 Å². The molecule has 2 aromatic heterocycles. The van der Waals surface area contributed by atoms with E-state index in [1.54, 1.807) is 12.3 Å². The Morgan fingerprint density at radius 2 is 1.62 bits per heavy atom. The molecule has 3 aromatic rings. The van der Waals surface area contributed by atoms with Crippen LogP contribution in [-0.2, 0) is 0 Å². The van der Waals surface area contributed by atoms with Crippen LogP contribution in [0.15, 0.2) is 36.5 Å². The lowest BCUT2D eigenvalue weighted by Gasteiger charge is -2.05. The van der Waals surface area contributed by atoms with Crippen LogP contribution in [0.1, 0.15) is 0 Å². The number of halogens is 2. The summed E-state index contributed by atoms with van der Waals surface area (Å²) in [5.41, 5.74) is 0.767. The van der Waals surface area contributed by atoms with Gasteiger partial charge in [-0.2, -0.15) is 0 Å². The number of pyridine rings is 2. The third-order valence-electron chi connectivity index (χ3n) is 2.52. The van der Waals surface area contributed by atoms with Crippen molar-refractivity contribution in [3.8, 4) is 0 Å². The summed E-state index contributed by atoms with van der Waals surface area (Å²) in [5.74, 6) is 0. The van der Waals surface area contributed by atoms with Gasteiger partial charge in [0, 0.05) is 17.0 Å². The van der Waals surface area contributed by atoms with Crippen molar-refractivity contribution in [2.45, 2.75) is 0 Å². The summed E-state index contributed by atoms with van der Waals surface area (Å²) in [6.45, 7) is 0. The lowest BCUT2D eigenvalue weighted by molar-refractivity contribution is 1.34. The van der Waals surface area contributed by atoms with Crippen LogP contribution >= 0.6 is 23.2 Å². The first kappa shape index (κ1) is 9.82. The fourth-order valence-corrected chi connectivity index (χ4v) is 2.33. The van der Waals surface area contributed by atoms with Gasteiger partial charge in [-0.15, -0.1) is 0 Å². The highest BCUT2D eigenvalue weighted by Crippen LogP contribution is 2.31.